The molecule has 0 unspecified atom stereocenters. The van der Waals surface area contributed by atoms with E-state index in [4.69, 9.17) is 0 Å². The molecule has 0 radical (unpaired) electrons. The van der Waals surface area contributed by atoms with Gasteiger partial charge in [0.05, 0.1) is 0 Å². The molecule has 0 heterocycles. The summed E-state index contributed by atoms with van der Waals surface area (Å²) in [7, 11) is 0. The van der Waals surface area contributed by atoms with Crippen molar-refractivity contribution in [2.45, 2.75) is 25.7 Å². The van der Waals surface area contributed by atoms with Crippen LogP contribution >= 0.6 is 0 Å². The molecule has 0 aliphatic carbocycles. The van der Waals surface area contributed by atoms with Crippen LogP contribution in [0.15, 0.2) is 48.6 Å². The third kappa shape index (κ3) is 7.24. The zero-order valence-electron chi connectivity index (χ0n) is 10.5. The molecule has 0 aliphatic rings. The zero-order valence-corrected chi connectivity index (χ0v) is 10.5. The average molecular weight is 238 g/mol. The van der Waals surface area contributed by atoms with E-state index in [0.29, 0.717) is 0 Å². The highest BCUT2D eigenvalue weighted by Crippen LogP contribution is 2.01. The Morgan fingerprint density at radius 1 is 1.11 bits per heavy atom. The second-order valence-corrected chi connectivity index (χ2v) is 3.88. The zero-order chi connectivity index (χ0) is 12.9. The molecule has 0 aromatic heterocycles. The van der Waals surface area contributed by atoms with E-state index in [9.17, 15) is 4.79 Å². The van der Waals surface area contributed by atoms with Gasteiger partial charge in [-0.2, -0.15) is 0 Å². The Kier molecular flexibility index (Phi) is 7.86. The van der Waals surface area contributed by atoms with Gasteiger partial charge in [0, 0.05) is 6.42 Å². The SMILES string of the molecule is O=CC=CCCCCC#CC=Cc1ccccc1. The first-order valence-electron chi connectivity index (χ1n) is 6.24. The van der Waals surface area contributed by atoms with Crippen molar-refractivity contribution in [3.8, 4) is 11.8 Å². The Morgan fingerprint density at radius 2 is 1.94 bits per heavy atom. The van der Waals surface area contributed by atoms with E-state index in [2.05, 4.69) is 24.0 Å². The predicted octanol–water partition coefficient (Wildman–Crippen LogP) is 4.02. The Balaban J connectivity index is 2.13. The van der Waals surface area contributed by atoms with Crippen LogP contribution in [0.2, 0.25) is 0 Å². The fourth-order valence-corrected chi connectivity index (χ4v) is 1.46. The summed E-state index contributed by atoms with van der Waals surface area (Å²) in [5, 5.41) is 0. The van der Waals surface area contributed by atoms with Gasteiger partial charge in [-0.3, -0.25) is 4.79 Å². The van der Waals surface area contributed by atoms with E-state index >= 15 is 0 Å². The fraction of sp³-hybridized carbons (Fsp3) is 0.235. The van der Waals surface area contributed by atoms with E-state index in [-0.39, 0.29) is 0 Å². The number of hydrogen-bond donors (Lipinski definition) is 0. The summed E-state index contributed by atoms with van der Waals surface area (Å²) < 4.78 is 0. The van der Waals surface area contributed by atoms with Crippen molar-refractivity contribution >= 4 is 12.4 Å². The number of hydrogen-bond acceptors (Lipinski definition) is 1. The van der Waals surface area contributed by atoms with Crippen LogP contribution in [0.4, 0.5) is 0 Å². The molecule has 1 aromatic carbocycles. The third-order valence-corrected chi connectivity index (χ3v) is 2.40. The summed E-state index contributed by atoms with van der Waals surface area (Å²) in [6.45, 7) is 0. The molecular weight excluding hydrogens is 220 g/mol. The van der Waals surface area contributed by atoms with Gasteiger partial charge in [0.15, 0.2) is 0 Å². The van der Waals surface area contributed by atoms with Gasteiger partial charge in [-0.05, 0) is 43.1 Å². The van der Waals surface area contributed by atoms with Crippen LogP contribution in [-0.4, -0.2) is 6.29 Å². The summed E-state index contributed by atoms with van der Waals surface area (Å²) in [6, 6.07) is 10.1. The maximum atomic E-state index is 10.0. The lowest BCUT2D eigenvalue weighted by molar-refractivity contribution is -0.104. The van der Waals surface area contributed by atoms with E-state index in [0.717, 1.165) is 32.0 Å². The topological polar surface area (TPSA) is 17.1 Å². The van der Waals surface area contributed by atoms with Crippen LogP contribution in [0, 0.1) is 11.8 Å². The monoisotopic (exact) mass is 238 g/mol. The average Bonchev–Trinajstić information content (AvgIpc) is 2.42. The summed E-state index contributed by atoms with van der Waals surface area (Å²) >= 11 is 0. The molecule has 0 N–H and O–H groups in total. The fourth-order valence-electron chi connectivity index (χ4n) is 1.46. The van der Waals surface area contributed by atoms with Crippen LogP contribution in [0.5, 0.6) is 0 Å². The first-order chi connectivity index (χ1) is 8.93. The minimum absolute atomic E-state index is 0.814. The molecule has 0 fully saturated rings. The van der Waals surface area contributed by atoms with Crippen molar-refractivity contribution < 1.29 is 4.79 Å². The van der Waals surface area contributed by atoms with Gasteiger partial charge in [0.1, 0.15) is 6.29 Å². The molecule has 1 rings (SSSR count). The number of rotatable bonds is 6. The van der Waals surface area contributed by atoms with Gasteiger partial charge in [-0.15, -0.1) is 0 Å². The second-order valence-electron chi connectivity index (χ2n) is 3.88. The van der Waals surface area contributed by atoms with Gasteiger partial charge < -0.3 is 0 Å². The van der Waals surface area contributed by atoms with Crippen molar-refractivity contribution in [3.63, 3.8) is 0 Å². The number of carbonyl (C=O) groups is 1. The molecule has 1 heteroatoms. The Labute approximate surface area is 109 Å². The highest BCUT2D eigenvalue weighted by atomic mass is 16.1. The second kappa shape index (κ2) is 10.1. The van der Waals surface area contributed by atoms with Crippen LogP contribution < -0.4 is 0 Å². The van der Waals surface area contributed by atoms with Crippen LogP contribution in [-0.2, 0) is 4.79 Å². The molecule has 1 aromatic rings. The molecule has 0 saturated carbocycles. The van der Waals surface area contributed by atoms with Gasteiger partial charge in [0.25, 0.3) is 0 Å². The molecule has 92 valence electrons. The highest BCUT2D eigenvalue weighted by Gasteiger charge is 1.83. The van der Waals surface area contributed by atoms with Crippen molar-refractivity contribution in [2.75, 3.05) is 0 Å². The van der Waals surface area contributed by atoms with E-state index in [1.807, 2.05) is 36.4 Å². The largest absolute Gasteiger partial charge is 0.299 e. The number of unbranched alkanes of at least 4 members (excludes halogenated alkanes) is 3. The number of carbonyl (C=O) groups excluding carboxylic acids is 1. The molecule has 0 aliphatic heterocycles. The molecule has 0 amide bonds. The minimum atomic E-state index is 0.814. The summed E-state index contributed by atoms with van der Waals surface area (Å²) in [5.41, 5.74) is 1.17. The maximum absolute atomic E-state index is 10.0. The Hall–Kier alpha value is -2.07. The molecule has 1 nitrogen and oxygen atoms in total. The van der Waals surface area contributed by atoms with Crippen LogP contribution in [0.25, 0.3) is 6.08 Å². The quantitative estimate of drug-likeness (QED) is 0.316. The first kappa shape index (κ1) is 14.0. The van der Waals surface area contributed by atoms with Crippen molar-refractivity contribution in [1.29, 1.82) is 0 Å². The van der Waals surface area contributed by atoms with Gasteiger partial charge in [0.2, 0.25) is 0 Å². The lowest BCUT2D eigenvalue weighted by Gasteiger charge is -1.89. The molecular formula is C17H18O. The number of allylic oxidation sites excluding steroid dienone is 3. The van der Waals surface area contributed by atoms with E-state index in [1.54, 1.807) is 6.08 Å². The summed E-state index contributed by atoms with van der Waals surface area (Å²) in [4.78, 5) is 10.0. The standard InChI is InChI=1S/C17H18O/c18-16-12-7-5-3-1-2-4-6-9-13-17-14-10-8-11-15-17/h7-16H,1-3,5H2. The van der Waals surface area contributed by atoms with Crippen molar-refractivity contribution in [1.82, 2.24) is 0 Å². The summed E-state index contributed by atoms with van der Waals surface area (Å²) in [6.07, 6.45) is 12.2. The highest BCUT2D eigenvalue weighted by molar-refractivity contribution is 5.64. The van der Waals surface area contributed by atoms with Crippen LogP contribution in [0.3, 0.4) is 0 Å². The Morgan fingerprint density at radius 3 is 2.72 bits per heavy atom. The number of benzene rings is 1. The van der Waals surface area contributed by atoms with Crippen LogP contribution in [0.1, 0.15) is 31.2 Å². The normalized spacial score (nSPS) is 10.4. The molecule has 0 bridgehead atoms. The van der Waals surface area contributed by atoms with E-state index < -0.39 is 0 Å². The molecule has 0 saturated heterocycles. The van der Waals surface area contributed by atoms with Crippen molar-refractivity contribution in [3.05, 3.63) is 54.1 Å². The molecule has 0 atom stereocenters. The first-order valence-corrected chi connectivity index (χ1v) is 6.24. The smallest absolute Gasteiger partial charge is 0.142 e. The van der Waals surface area contributed by atoms with Crippen molar-refractivity contribution in [2.24, 2.45) is 0 Å². The van der Waals surface area contributed by atoms with Gasteiger partial charge in [-0.1, -0.05) is 48.2 Å². The lowest BCUT2D eigenvalue weighted by atomic mass is 10.2. The lowest BCUT2D eigenvalue weighted by Crippen LogP contribution is -1.73. The molecule has 0 spiro atoms. The Bertz CT molecular complexity index is 443. The minimum Gasteiger partial charge on any atom is -0.299 e. The van der Waals surface area contributed by atoms with Gasteiger partial charge >= 0.3 is 0 Å². The number of aldehydes is 1. The van der Waals surface area contributed by atoms with E-state index in [1.165, 1.54) is 5.56 Å². The summed E-state index contributed by atoms with van der Waals surface area (Å²) in [5.74, 6) is 6.15. The third-order valence-electron chi connectivity index (χ3n) is 2.40. The van der Waals surface area contributed by atoms with Gasteiger partial charge in [-0.25, -0.2) is 0 Å². The predicted molar refractivity (Wildman–Crippen MR) is 76.9 cm³/mol. The molecule has 18 heavy (non-hydrogen) atoms. The maximum Gasteiger partial charge on any atom is 0.142 e.